The van der Waals surface area contributed by atoms with Crippen molar-refractivity contribution < 1.29 is 5.11 Å². The predicted octanol–water partition coefficient (Wildman–Crippen LogP) is 3.39. The summed E-state index contributed by atoms with van der Waals surface area (Å²) in [7, 11) is 0. The number of aliphatic hydroxyl groups is 1. The van der Waals surface area contributed by atoms with Gasteiger partial charge >= 0.3 is 0 Å². The highest BCUT2D eigenvalue weighted by molar-refractivity contribution is 5.94. The Morgan fingerprint density at radius 1 is 0.909 bits per heavy atom. The Morgan fingerprint density at radius 3 is 2.64 bits per heavy atom. The first-order valence-corrected chi connectivity index (χ1v) is 11.3. The van der Waals surface area contributed by atoms with E-state index in [1.54, 1.807) is 12.4 Å². The molecule has 0 unspecified atom stereocenters. The number of hydrogen-bond acceptors (Lipinski definition) is 8. The van der Waals surface area contributed by atoms with Gasteiger partial charge in [0.1, 0.15) is 5.82 Å². The molecule has 8 nitrogen and oxygen atoms in total. The smallest absolute Gasteiger partial charge is 0.130 e. The monoisotopic (exact) mass is 439 g/mol. The van der Waals surface area contributed by atoms with Crippen LogP contribution in [-0.2, 0) is 13.1 Å². The van der Waals surface area contributed by atoms with Gasteiger partial charge in [0, 0.05) is 49.5 Å². The fraction of sp³-hybridized carbons (Fsp3) is 0.280. The lowest BCUT2D eigenvalue weighted by atomic mass is 9.99. The maximum absolute atomic E-state index is 9.73. The summed E-state index contributed by atoms with van der Waals surface area (Å²) in [5.74, 6) is 0.792. The summed E-state index contributed by atoms with van der Waals surface area (Å²) in [6.45, 7) is 3.28. The average molecular weight is 440 g/mol. The van der Waals surface area contributed by atoms with E-state index in [2.05, 4.69) is 36.6 Å². The standard InChI is InChI=1S/C25H25N7O/c33-17-5-9-32(10-6-17)16-1-2-24(29-11-16)31-23-15-30-25(21-13-27-12-20(21)23)19-4-8-28-22-14-26-7-3-18(19)22/h1-4,7-8,11,14-15,17,27,33H,5-6,9-10,12-13H2,(H,29,31). The molecule has 4 aromatic rings. The highest BCUT2D eigenvalue weighted by atomic mass is 16.3. The molecule has 1 fully saturated rings. The van der Waals surface area contributed by atoms with E-state index in [-0.39, 0.29) is 6.10 Å². The summed E-state index contributed by atoms with van der Waals surface area (Å²) in [5.41, 5.74) is 7.40. The van der Waals surface area contributed by atoms with Gasteiger partial charge in [0.05, 0.1) is 47.3 Å². The van der Waals surface area contributed by atoms with Crippen molar-refractivity contribution in [3.05, 3.63) is 66.4 Å². The second-order valence-corrected chi connectivity index (χ2v) is 8.58. The van der Waals surface area contributed by atoms with E-state index >= 15 is 0 Å². The molecular formula is C25H25N7O. The molecule has 0 atom stereocenters. The Morgan fingerprint density at radius 2 is 1.79 bits per heavy atom. The van der Waals surface area contributed by atoms with Gasteiger partial charge in [0.15, 0.2) is 0 Å². The zero-order valence-electron chi connectivity index (χ0n) is 18.2. The van der Waals surface area contributed by atoms with Gasteiger partial charge in [0.2, 0.25) is 0 Å². The summed E-state index contributed by atoms with van der Waals surface area (Å²) in [6.07, 6.45) is 10.6. The predicted molar refractivity (Wildman–Crippen MR) is 128 cm³/mol. The highest BCUT2D eigenvalue weighted by Gasteiger charge is 2.22. The fourth-order valence-corrected chi connectivity index (χ4v) is 4.75. The van der Waals surface area contributed by atoms with Crippen LogP contribution in [-0.4, -0.2) is 44.2 Å². The largest absolute Gasteiger partial charge is 0.393 e. The van der Waals surface area contributed by atoms with Gasteiger partial charge in [-0.2, -0.15) is 0 Å². The van der Waals surface area contributed by atoms with Crippen LogP contribution in [0.4, 0.5) is 17.2 Å². The third kappa shape index (κ3) is 3.77. The minimum Gasteiger partial charge on any atom is -0.393 e. The van der Waals surface area contributed by atoms with Crippen molar-refractivity contribution in [3.8, 4) is 11.3 Å². The van der Waals surface area contributed by atoms with Crippen molar-refractivity contribution in [2.45, 2.75) is 32.0 Å². The second kappa shape index (κ2) is 8.38. The Balaban J connectivity index is 1.29. The number of aromatic nitrogens is 4. The maximum Gasteiger partial charge on any atom is 0.130 e. The van der Waals surface area contributed by atoms with Crippen molar-refractivity contribution in [1.29, 1.82) is 0 Å². The van der Waals surface area contributed by atoms with Gasteiger partial charge < -0.3 is 20.6 Å². The number of hydrogen-bond donors (Lipinski definition) is 3. The molecule has 0 aliphatic carbocycles. The van der Waals surface area contributed by atoms with E-state index < -0.39 is 0 Å². The molecule has 2 aliphatic heterocycles. The zero-order chi connectivity index (χ0) is 22.2. The Bertz CT molecular complexity index is 1290. The molecule has 4 aromatic heterocycles. The SMILES string of the molecule is OC1CCN(c2ccc(Nc3cnc(-c4ccnc5cnccc45)c4c3CNC4)nc2)CC1. The van der Waals surface area contributed by atoms with Gasteiger partial charge in [-0.1, -0.05) is 0 Å². The van der Waals surface area contributed by atoms with Crippen LogP contribution in [0.3, 0.4) is 0 Å². The minimum absolute atomic E-state index is 0.178. The van der Waals surface area contributed by atoms with Gasteiger partial charge in [-0.25, -0.2) is 4.98 Å². The first kappa shape index (κ1) is 20.0. The molecule has 166 valence electrons. The molecule has 8 heteroatoms. The molecule has 3 N–H and O–H groups in total. The van der Waals surface area contributed by atoms with Crippen LogP contribution < -0.4 is 15.5 Å². The molecule has 6 rings (SSSR count). The summed E-state index contributed by atoms with van der Waals surface area (Å²) in [6, 6.07) is 8.11. The summed E-state index contributed by atoms with van der Waals surface area (Å²) < 4.78 is 0. The number of piperidine rings is 1. The van der Waals surface area contributed by atoms with Crippen molar-refractivity contribution in [2.24, 2.45) is 0 Å². The topological polar surface area (TPSA) is 99.1 Å². The third-order valence-corrected chi connectivity index (χ3v) is 6.54. The molecular weight excluding hydrogens is 414 g/mol. The second-order valence-electron chi connectivity index (χ2n) is 8.58. The van der Waals surface area contributed by atoms with E-state index in [1.165, 1.54) is 11.1 Å². The van der Waals surface area contributed by atoms with Crippen LogP contribution in [0.1, 0.15) is 24.0 Å². The Kier molecular flexibility index (Phi) is 5.09. The summed E-state index contributed by atoms with van der Waals surface area (Å²) >= 11 is 0. The normalized spacial score (nSPS) is 16.2. The lowest BCUT2D eigenvalue weighted by Crippen LogP contribution is -2.35. The van der Waals surface area contributed by atoms with E-state index in [0.717, 1.165) is 78.4 Å². The highest BCUT2D eigenvalue weighted by Crippen LogP contribution is 2.35. The minimum atomic E-state index is -0.178. The molecule has 2 aliphatic rings. The molecule has 0 saturated carbocycles. The molecule has 0 amide bonds. The number of nitrogens with zero attached hydrogens (tertiary/aromatic N) is 5. The van der Waals surface area contributed by atoms with Gasteiger partial charge in [-0.05, 0) is 48.2 Å². The number of pyridine rings is 4. The quantitative estimate of drug-likeness (QED) is 0.445. The molecule has 33 heavy (non-hydrogen) atoms. The number of anilines is 3. The number of aliphatic hydroxyl groups excluding tert-OH is 1. The molecule has 0 aromatic carbocycles. The van der Waals surface area contributed by atoms with Crippen LogP contribution in [0.25, 0.3) is 22.2 Å². The first-order chi connectivity index (χ1) is 16.3. The third-order valence-electron chi connectivity index (χ3n) is 6.54. The Hall–Kier alpha value is -3.62. The van der Waals surface area contributed by atoms with Crippen molar-refractivity contribution in [2.75, 3.05) is 23.3 Å². The van der Waals surface area contributed by atoms with E-state index in [9.17, 15) is 5.11 Å². The summed E-state index contributed by atoms with van der Waals surface area (Å²) in [4.78, 5) is 20.4. The number of fused-ring (bicyclic) bond motifs is 2. The van der Waals surface area contributed by atoms with Gasteiger partial charge in [-0.15, -0.1) is 0 Å². The van der Waals surface area contributed by atoms with Gasteiger partial charge in [0.25, 0.3) is 0 Å². The number of nitrogens with one attached hydrogen (secondary N) is 2. The maximum atomic E-state index is 9.73. The molecule has 0 spiro atoms. The van der Waals surface area contributed by atoms with Crippen molar-refractivity contribution in [1.82, 2.24) is 25.3 Å². The van der Waals surface area contributed by atoms with E-state index in [1.807, 2.05) is 36.8 Å². The van der Waals surface area contributed by atoms with Crippen LogP contribution >= 0.6 is 0 Å². The molecule has 0 bridgehead atoms. The molecule has 1 saturated heterocycles. The average Bonchev–Trinajstić information content (AvgIpc) is 3.36. The zero-order valence-corrected chi connectivity index (χ0v) is 18.2. The van der Waals surface area contributed by atoms with Crippen LogP contribution in [0, 0.1) is 0 Å². The van der Waals surface area contributed by atoms with E-state index in [4.69, 9.17) is 4.98 Å². The Labute approximate surface area is 191 Å². The fourth-order valence-electron chi connectivity index (χ4n) is 4.75. The molecule has 6 heterocycles. The van der Waals surface area contributed by atoms with Gasteiger partial charge in [-0.3, -0.25) is 15.0 Å². The van der Waals surface area contributed by atoms with E-state index in [0.29, 0.717) is 0 Å². The van der Waals surface area contributed by atoms with Crippen LogP contribution in [0.15, 0.2) is 55.2 Å². The van der Waals surface area contributed by atoms with Crippen molar-refractivity contribution >= 4 is 28.1 Å². The van der Waals surface area contributed by atoms with Crippen LogP contribution in [0.2, 0.25) is 0 Å². The summed E-state index contributed by atoms with van der Waals surface area (Å²) in [5, 5.41) is 17.7. The first-order valence-electron chi connectivity index (χ1n) is 11.3. The lowest BCUT2D eigenvalue weighted by Gasteiger charge is -2.31. The lowest BCUT2D eigenvalue weighted by molar-refractivity contribution is 0.145. The molecule has 0 radical (unpaired) electrons. The van der Waals surface area contributed by atoms with Crippen LogP contribution in [0.5, 0.6) is 0 Å². The number of rotatable bonds is 4. The van der Waals surface area contributed by atoms with Crippen molar-refractivity contribution in [3.63, 3.8) is 0 Å².